The van der Waals surface area contributed by atoms with E-state index < -0.39 is 5.60 Å². The third kappa shape index (κ3) is 5.19. The van der Waals surface area contributed by atoms with E-state index in [9.17, 15) is 4.79 Å². The fourth-order valence-electron chi connectivity index (χ4n) is 1.55. The number of aliphatic hydroxyl groups excluding tert-OH is 1. The van der Waals surface area contributed by atoms with Crippen molar-refractivity contribution >= 4 is 21.9 Å². The van der Waals surface area contributed by atoms with Crippen LogP contribution in [0.25, 0.3) is 0 Å². The minimum Gasteiger partial charge on any atom is -0.460 e. The molecule has 0 bridgehead atoms. The molecular formula is C14H19BrO3. The zero-order valence-corrected chi connectivity index (χ0v) is 12.6. The Balaban J connectivity index is 2.60. The first-order chi connectivity index (χ1) is 8.31. The summed E-state index contributed by atoms with van der Waals surface area (Å²) >= 11 is 3.44. The smallest absolute Gasteiger partial charge is 0.306 e. The van der Waals surface area contributed by atoms with Gasteiger partial charge >= 0.3 is 5.97 Å². The second-order valence-electron chi connectivity index (χ2n) is 5.17. The van der Waals surface area contributed by atoms with E-state index in [1.165, 1.54) is 0 Å². The van der Waals surface area contributed by atoms with Gasteiger partial charge in [-0.1, -0.05) is 28.1 Å². The van der Waals surface area contributed by atoms with Gasteiger partial charge in [-0.3, -0.25) is 4.79 Å². The molecule has 0 spiro atoms. The molecule has 0 amide bonds. The molecule has 1 aromatic carbocycles. The van der Waals surface area contributed by atoms with Crippen LogP contribution >= 0.6 is 15.9 Å². The van der Waals surface area contributed by atoms with Crippen molar-refractivity contribution < 1.29 is 14.6 Å². The van der Waals surface area contributed by atoms with Crippen LogP contribution in [0, 0.1) is 0 Å². The average molecular weight is 315 g/mol. The van der Waals surface area contributed by atoms with Gasteiger partial charge in [0.15, 0.2) is 0 Å². The van der Waals surface area contributed by atoms with E-state index in [1.807, 2.05) is 39.0 Å². The third-order valence-electron chi connectivity index (χ3n) is 2.31. The maximum atomic E-state index is 11.6. The van der Waals surface area contributed by atoms with Crippen LogP contribution in [0.5, 0.6) is 0 Å². The Morgan fingerprint density at radius 2 is 2.06 bits per heavy atom. The van der Waals surface area contributed by atoms with Crippen LogP contribution in [0.2, 0.25) is 0 Å². The second-order valence-corrected chi connectivity index (χ2v) is 6.02. The van der Waals surface area contributed by atoms with Crippen LogP contribution < -0.4 is 0 Å². The molecule has 0 aromatic heterocycles. The molecule has 1 aromatic rings. The van der Waals surface area contributed by atoms with Crippen molar-refractivity contribution in [2.45, 2.75) is 45.8 Å². The number of halogens is 1. The molecule has 3 nitrogen and oxygen atoms in total. The van der Waals surface area contributed by atoms with Gasteiger partial charge in [0.2, 0.25) is 0 Å². The van der Waals surface area contributed by atoms with E-state index in [2.05, 4.69) is 15.9 Å². The highest BCUT2D eigenvalue weighted by Gasteiger charge is 2.16. The van der Waals surface area contributed by atoms with Crippen LogP contribution in [0.4, 0.5) is 0 Å². The van der Waals surface area contributed by atoms with Gasteiger partial charge < -0.3 is 9.84 Å². The number of hydrogen-bond acceptors (Lipinski definition) is 3. The van der Waals surface area contributed by atoms with Crippen molar-refractivity contribution in [3.63, 3.8) is 0 Å². The summed E-state index contributed by atoms with van der Waals surface area (Å²) in [6.07, 6.45) is 0.939. The lowest BCUT2D eigenvalue weighted by Gasteiger charge is -2.19. The number of carbonyl (C=O) groups excluding carboxylic acids is 1. The minimum atomic E-state index is -0.443. The van der Waals surface area contributed by atoms with Crippen molar-refractivity contribution in [2.24, 2.45) is 0 Å². The maximum absolute atomic E-state index is 11.6. The number of benzene rings is 1. The van der Waals surface area contributed by atoms with Crippen molar-refractivity contribution in [3.8, 4) is 0 Å². The molecule has 0 aliphatic heterocycles. The number of ether oxygens (including phenoxy) is 1. The lowest BCUT2D eigenvalue weighted by atomic mass is 10.1. The highest BCUT2D eigenvalue weighted by molar-refractivity contribution is 9.10. The summed E-state index contributed by atoms with van der Waals surface area (Å²) in [6.45, 7) is 5.57. The number of aliphatic hydroxyl groups is 1. The first-order valence-electron chi connectivity index (χ1n) is 5.92. The highest BCUT2D eigenvalue weighted by Crippen LogP contribution is 2.20. The average Bonchev–Trinajstić information content (AvgIpc) is 2.25. The summed E-state index contributed by atoms with van der Waals surface area (Å²) in [5.41, 5.74) is 1.41. The largest absolute Gasteiger partial charge is 0.460 e. The molecule has 0 radical (unpaired) electrons. The van der Waals surface area contributed by atoms with Crippen molar-refractivity contribution in [2.75, 3.05) is 0 Å². The monoisotopic (exact) mass is 314 g/mol. The molecule has 100 valence electrons. The van der Waals surface area contributed by atoms with Gasteiger partial charge in [-0.2, -0.15) is 0 Å². The number of rotatable bonds is 4. The Morgan fingerprint density at radius 1 is 1.39 bits per heavy atom. The summed E-state index contributed by atoms with van der Waals surface area (Å²) < 4.78 is 6.20. The Morgan fingerprint density at radius 3 is 2.61 bits per heavy atom. The van der Waals surface area contributed by atoms with Crippen LogP contribution in [0.15, 0.2) is 22.7 Å². The second kappa shape index (κ2) is 6.34. The van der Waals surface area contributed by atoms with Crippen LogP contribution in [-0.2, 0) is 22.6 Å². The van der Waals surface area contributed by atoms with E-state index in [1.54, 1.807) is 0 Å². The summed E-state index contributed by atoms with van der Waals surface area (Å²) in [7, 11) is 0. The van der Waals surface area contributed by atoms with Crippen molar-refractivity contribution in [3.05, 3.63) is 33.8 Å². The standard InChI is InChI=1S/C14H19BrO3/c1-14(2,3)18-13(17)7-5-11-8-10(9-16)4-6-12(11)15/h4,6,8,16H,5,7,9H2,1-3H3. The Hall–Kier alpha value is -0.870. The zero-order chi connectivity index (χ0) is 13.8. The van der Waals surface area contributed by atoms with Gasteiger partial charge in [0.1, 0.15) is 5.60 Å². The molecular weight excluding hydrogens is 296 g/mol. The van der Waals surface area contributed by atoms with E-state index >= 15 is 0 Å². The topological polar surface area (TPSA) is 46.5 Å². The summed E-state index contributed by atoms with van der Waals surface area (Å²) in [5, 5.41) is 9.08. The van der Waals surface area contributed by atoms with Crippen LogP contribution in [-0.4, -0.2) is 16.7 Å². The predicted octanol–water partition coefficient (Wildman–Crippen LogP) is 3.22. The van der Waals surface area contributed by atoms with E-state index in [0.717, 1.165) is 15.6 Å². The first kappa shape index (κ1) is 15.2. The molecule has 0 saturated heterocycles. The van der Waals surface area contributed by atoms with Gasteiger partial charge in [0.05, 0.1) is 6.61 Å². The maximum Gasteiger partial charge on any atom is 0.306 e. The molecule has 0 unspecified atom stereocenters. The van der Waals surface area contributed by atoms with Crippen LogP contribution in [0.1, 0.15) is 38.3 Å². The highest BCUT2D eigenvalue weighted by atomic mass is 79.9. The number of esters is 1. The van der Waals surface area contributed by atoms with E-state index in [4.69, 9.17) is 9.84 Å². The molecule has 0 aliphatic carbocycles. The van der Waals surface area contributed by atoms with Crippen LogP contribution in [0.3, 0.4) is 0 Å². The molecule has 0 fully saturated rings. The molecule has 1 rings (SSSR count). The fraction of sp³-hybridized carbons (Fsp3) is 0.500. The summed E-state index contributed by atoms with van der Waals surface area (Å²) in [4.78, 5) is 11.6. The van der Waals surface area contributed by atoms with Gasteiger partial charge in [-0.25, -0.2) is 0 Å². The molecule has 0 atom stereocenters. The molecule has 0 aliphatic rings. The van der Waals surface area contributed by atoms with Gasteiger partial charge in [-0.15, -0.1) is 0 Å². The summed E-state index contributed by atoms with van der Waals surface area (Å²) in [6, 6.07) is 5.63. The Bertz CT molecular complexity index is 422. The van der Waals surface area contributed by atoms with Gasteiger partial charge in [0, 0.05) is 10.9 Å². The van der Waals surface area contributed by atoms with Crippen molar-refractivity contribution in [1.29, 1.82) is 0 Å². The molecule has 0 heterocycles. The molecule has 18 heavy (non-hydrogen) atoms. The number of carbonyl (C=O) groups is 1. The SMILES string of the molecule is CC(C)(C)OC(=O)CCc1cc(CO)ccc1Br. The van der Waals surface area contributed by atoms with E-state index in [-0.39, 0.29) is 12.6 Å². The lowest BCUT2D eigenvalue weighted by Crippen LogP contribution is -2.24. The summed E-state index contributed by atoms with van der Waals surface area (Å²) in [5.74, 6) is -0.205. The minimum absolute atomic E-state index is 0.00666. The molecule has 4 heteroatoms. The fourth-order valence-corrected chi connectivity index (χ4v) is 1.99. The molecule has 1 N–H and O–H groups in total. The Kier molecular flexibility index (Phi) is 5.35. The van der Waals surface area contributed by atoms with Gasteiger partial charge in [0.25, 0.3) is 0 Å². The van der Waals surface area contributed by atoms with Crippen molar-refractivity contribution in [1.82, 2.24) is 0 Å². The first-order valence-corrected chi connectivity index (χ1v) is 6.71. The number of hydrogen-bond donors (Lipinski definition) is 1. The number of aryl methyl sites for hydroxylation is 1. The van der Waals surface area contributed by atoms with Gasteiger partial charge in [-0.05, 0) is 44.4 Å². The third-order valence-corrected chi connectivity index (χ3v) is 3.08. The Labute approximate surface area is 116 Å². The zero-order valence-electron chi connectivity index (χ0n) is 11.0. The quantitative estimate of drug-likeness (QED) is 0.868. The van der Waals surface area contributed by atoms with E-state index in [0.29, 0.717) is 12.8 Å². The predicted molar refractivity (Wildman–Crippen MR) is 74.2 cm³/mol. The normalized spacial score (nSPS) is 11.4. The molecule has 0 saturated carbocycles. The lowest BCUT2D eigenvalue weighted by molar-refractivity contribution is -0.154.